The molecule has 0 fully saturated rings. The summed E-state index contributed by atoms with van der Waals surface area (Å²) >= 11 is 4.97. The van der Waals surface area contributed by atoms with Crippen molar-refractivity contribution in [2.75, 3.05) is 26.3 Å². The molecule has 0 aromatic rings. The zero-order chi connectivity index (χ0) is 10.6. The number of rotatable bonds is 8. The van der Waals surface area contributed by atoms with Crippen LogP contribution in [0.3, 0.4) is 0 Å². The Morgan fingerprint density at radius 2 is 1.50 bits per heavy atom. The third kappa shape index (κ3) is 8.86. The average molecular weight is 216 g/mol. The van der Waals surface area contributed by atoms with Crippen LogP contribution in [0, 0.1) is 0 Å². The van der Waals surface area contributed by atoms with Crippen molar-refractivity contribution >= 4 is 17.3 Å². The molecule has 0 aliphatic heterocycles. The molecule has 2 N–H and O–H groups in total. The molecule has 0 saturated carbocycles. The van der Waals surface area contributed by atoms with Crippen LogP contribution in [0.15, 0.2) is 25.7 Å². The van der Waals surface area contributed by atoms with E-state index >= 15 is 0 Å². The lowest BCUT2D eigenvalue weighted by atomic mass is 10.6. The molecule has 0 unspecified atom stereocenters. The Balaban J connectivity index is 3.19. The van der Waals surface area contributed by atoms with E-state index in [-0.39, 0.29) is 0 Å². The van der Waals surface area contributed by atoms with Crippen molar-refractivity contribution in [2.24, 2.45) is 0 Å². The van der Waals surface area contributed by atoms with E-state index in [4.69, 9.17) is 21.7 Å². The summed E-state index contributed by atoms with van der Waals surface area (Å²) < 4.78 is 9.81. The van der Waals surface area contributed by atoms with Crippen molar-refractivity contribution in [1.29, 1.82) is 0 Å². The Morgan fingerprint density at radius 3 is 1.86 bits per heavy atom. The van der Waals surface area contributed by atoms with Gasteiger partial charge in [0.2, 0.25) is 0 Å². The lowest BCUT2D eigenvalue weighted by molar-refractivity contribution is 0.252. The Kier molecular flexibility index (Phi) is 8.99. The van der Waals surface area contributed by atoms with Crippen molar-refractivity contribution in [3.8, 4) is 0 Å². The smallest absolute Gasteiger partial charge is 0.166 e. The number of ether oxygens (including phenoxy) is 2. The molecule has 0 atom stereocenters. The second kappa shape index (κ2) is 9.85. The highest BCUT2D eigenvalue weighted by molar-refractivity contribution is 7.80. The Bertz CT molecular complexity index is 168. The van der Waals surface area contributed by atoms with Gasteiger partial charge in [0.15, 0.2) is 5.11 Å². The van der Waals surface area contributed by atoms with Gasteiger partial charge in [0, 0.05) is 0 Å². The molecule has 0 bridgehead atoms. The van der Waals surface area contributed by atoms with Crippen LogP contribution in [-0.2, 0) is 9.47 Å². The lowest BCUT2D eigenvalue weighted by Crippen LogP contribution is -2.38. The van der Waals surface area contributed by atoms with E-state index < -0.39 is 0 Å². The minimum absolute atomic E-state index is 0.550. The molecule has 0 radical (unpaired) electrons. The van der Waals surface area contributed by atoms with Crippen LogP contribution < -0.4 is 10.6 Å². The molecular weight excluding hydrogens is 200 g/mol. The van der Waals surface area contributed by atoms with Gasteiger partial charge in [-0.1, -0.05) is 13.2 Å². The van der Waals surface area contributed by atoms with Gasteiger partial charge in [-0.3, -0.25) is 0 Å². The molecule has 5 heteroatoms. The zero-order valence-corrected chi connectivity index (χ0v) is 8.94. The van der Waals surface area contributed by atoms with Gasteiger partial charge in [0.1, 0.15) is 13.2 Å². The SMILES string of the molecule is C=COCCNC(=S)NCCOC=C. The number of hydrogen-bond acceptors (Lipinski definition) is 3. The van der Waals surface area contributed by atoms with Crippen molar-refractivity contribution in [2.45, 2.75) is 0 Å². The fourth-order valence-corrected chi connectivity index (χ4v) is 0.880. The molecule has 0 aliphatic rings. The summed E-state index contributed by atoms with van der Waals surface area (Å²) in [6.45, 7) is 9.25. The standard InChI is InChI=1S/C9H16N2O2S/c1-3-12-7-5-10-9(14)11-6-8-13-4-2/h3-4H,1-2,5-8H2,(H2,10,11,14). The van der Waals surface area contributed by atoms with Gasteiger partial charge in [-0.2, -0.15) is 0 Å². The summed E-state index contributed by atoms with van der Waals surface area (Å²) in [7, 11) is 0. The predicted octanol–water partition coefficient (Wildman–Crippen LogP) is 0.771. The van der Waals surface area contributed by atoms with Gasteiger partial charge < -0.3 is 20.1 Å². The van der Waals surface area contributed by atoms with E-state index in [1.54, 1.807) is 0 Å². The molecule has 0 spiro atoms. The second-order valence-electron chi connectivity index (χ2n) is 2.26. The van der Waals surface area contributed by atoms with Crippen LogP contribution in [0.1, 0.15) is 0 Å². The van der Waals surface area contributed by atoms with Crippen molar-refractivity contribution in [3.05, 3.63) is 25.7 Å². The van der Waals surface area contributed by atoms with E-state index in [1.165, 1.54) is 12.5 Å². The normalized spacial score (nSPS) is 8.57. The first kappa shape index (κ1) is 12.8. The van der Waals surface area contributed by atoms with Crippen LogP contribution in [0.25, 0.3) is 0 Å². The van der Waals surface area contributed by atoms with Crippen LogP contribution in [-0.4, -0.2) is 31.4 Å². The summed E-state index contributed by atoms with van der Waals surface area (Å²) in [6.07, 6.45) is 2.80. The maximum absolute atomic E-state index is 4.97. The van der Waals surface area contributed by atoms with Crippen LogP contribution in [0.2, 0.25) is 0 Å². The van der Waals surface area contributed by atoms with E-state index in [2.05, 4.69) is 23.8 Å². The minimum Gasteiger partial charge on any atom is -0.500 e. The largest absolute Gasteiger partial charge is 0.500 e. The summed E-state index contributed by atoms with van der Waals surface area (Å²) in [4.78, 5) is 0. The van der Waals surface area contributed by atoms with E-state index in [9.17, 15) is 0 Å². The van der Waals surface area contributed by atoms with Crippen molar-refractivity contribution in [3.63, 3.8) is 0 Å². The highest BCUT2D eigenvalue weighted by Gasteiger charge is 1.92. The van der Waals surface area contributed by atoms with Gasteiger partial charge in [-0.25, -0.2) is 0 Å². The summed E-state index contributed by atoms with van der Waals surface area (Å²) in [5, 5.41) is 6.51. The number of thiocarbonyl (C=S) groups is 1. The van der Waals surface area contributed by atoms with E-state index in [0.717, 1.165) is 0 Å². The van der Waals surface area contributed by atoms with Crippen LogP contribution in [0.5, 0.6) is 0 Å². The predicted molar refractivity (Wildman–Crippen MR) is 60.9 cm³/mol. The molecule has 0 aliphatic carbocycles. The molecule has 4 nitrogen and oxygen atoms in total. The van der Waals surface area contributed by atoms with Gasteiger partial charge in [-0.15, -0.1) is 0 Å². The molecule has 0 amide bonds. The molecular formula is C9H16N2O2S. The summed E-state index contributed by atoms with van der Waals surface area (Å²) in [5.74, 6) is 0. The molecule has 14 heavy (non-hydrogen) atoms. The van der Waals surface area contributed by atoms with Gasteiger partial charge in [0.05, 0.1) is 25.6 Å². The molecule has 0 aromatic heterocycles. The first-order valence-electron chi connectivity index (χ1n) is 4.28. The summed E-state index contributed by atoms with van der Waals surface area (Å²) in [5.41, 5.74) is 0. The molecule has 0 saturated heterocycles. The Labute approximate surface area is 90.0 Å². The fraction of sp³-hybridized carbons (Fsp3) is 0.444. The minimum atomic E-state index is 0.550. The van der Waals surface area contributed by atoms with Gasteiger partial charge in [-0.05, 0) is 12.2 Å². The molecule has 0 heterocycles. The monoisotopic (exact) mass is 216 g/mol. The second-order valence-corrected chi connectivity index (χ2v) is 2.67. The Hall–Kier alpha value is -1.23. The topological polar surface area (TPSA) is 42.5 Å². The third-order valence-corrected chi connectivity index (χ3v) is 1.54. The van der Waals surface area contributed by atoms with Crippen LogP contribution in [0.4, 0.5) is 0 Å². The van der Waals surface area contributed by atoms with Gasteiger partial charge in [0.25, 0.3) is 0 Å². The first-order chi connectivity index (χ1) is 6.81. The van der Waals surface area contributed by atoms with Gasteiger partial charge >= 0.3 is 0 Å². The lowest BCUT2D eigenvalue weighted by Gasteiger charge is -2.09. The molecule has 80 valence electrons. The summed E-state index contributed by atoms with van der Waals surface area (Å²) in [6, 6.07) is 0. The quantitative estimate of drug-likeness (QED) is 0.356. The molecule has 0 rings (SSSR count). The zero-order valence-electron chi connectivity index (χ0n) is 8.12. The highest BCUT2D eigenvalue weighted by Crippen LogP contribution is 1.74. The average Bonchev–Trinajstić information content (AvgIpc) is 2.19. The Morgan fingerprint density at radius 1 is 1.07 bits per heavy atom. The van der Waals surface area contributed by atoms with Crippen LogP contribution >= 0.6 is 12.2 Å². The number of hydrogen-bond donors (Lipinski definition) is 2. The fourth-order valence-electron chi connectivity index (χ4n) is 0.676. The third-order valence-electron chi connectivity index (χ3n) is 1.25. The highest BCUT2D eigenvalue weighted by atomic mass is 32.1. The van der Waals surface area contributed by atoms with Crippen molar-refractivity contribution in [1.82, 2.24) is 10.6 Å². The van der Waals surface area contributed by atoms with Crippen molar-refractivity contribution < 1.29 is 9.47 Å². The maximum atomic E-state index is 4.97. The maximum Gasteiger partial charge on any atom is 0.166 e. The number of nitrogens with one attached hydrogen (secondary N) is 2. The molecule has 0 aromatic carbocycles. The van der Waals surface area contributed by atoms with E-state index in [0.29, 0.717) is 31.4 Å². The van der Waals surface area contributed by atoms with E-state index in [1.807, 2.05) is 0 Å². The first-order valence-corrected chi connectivity index (χ1v) is 4.68.